The molecular formula is C19H21N7OS. The number of nitrogens with zero attached hydrogens (tertiary/aromatic N) is 5. The molecule has 0 saturated heterocycles. The molecule has 0 aliphatic rings. The third kappa shape index (κ3) is 3.36. The van der Waals surface area contributed by atoms with Crippen LogP contribution in [0.5, 0.6) is 5.75 Å². The number of aryl methyl sites for hydroxylation is 1. The van der Waals surface area contributed by atoms with E-state index in [-0.39, 0.29) is 5.95 Å². The van der Waals surface area contributed by atoms with Crippen molar-refractivity contribution in [3.63, 3.8) is 0 Å². The van der Waals surface area contributed by atoms with Crippen molar-refractivity contribution in [3.05, 3.63) is 51.7 Å². The number of pyridine rings is 1. The van der Waals surface area contributed by atoms with Gasteiger partial charge in [0.05, 0.1) is 32.2 Å². The summed E-state index contributed by atoms with van der Waals surface area (Å²) in [4.78, 5) is 19.0. The minimum atomic E-state index is 0.203. The molecule has 0 bridgehead atoms. The number of aromatic nitrogens is 5. The van der Waals surface area contributed by atoms with E-state index in [1.54, 1.807) is 24.8 Å². The Labute approximate surface area is 166 Å². The van der Waals surface area contributed by atoms with Crippen LogP contribution in [0.2, 0.25) is 0 Å². The molecule has 0 fully saturated rings. The third-order valence-electron chi connectivity index (χ3n) is 4.56. The number of nitrogens with one attached hydrogen (secondary N) is 1. The van der Waals surface area contributed by atoms with Crippen molar-refractivity contribution in [1.29, 1.82) is 0 Å². The Morgan fingerprint density at radius 3 is 2.86 bits per heavy atom. The van der Waals surface area contributed by atoms with Crippen molar-refractivity contribution in [3.8, 4) is 5.75 Å². The monoisotopic (exact) mass is 395 g/mol. The van der Waals surface area contributed by atoms with Gasteiger partial charge in [0.25, 0.3) is 0 Å². The highest BCUT2D eigenvalue weighted by Gasteiger charge is 2.15. The average molecular weight is 395 g/mol. The van der Waals surface area contributed by atoms with Crippen LogP contribution in [-0.2, 0) is 13.1 Å². The van der Waals surface area contributed by atoms with Crippen molar-refractivity contribution in [2.45, 2.75) is 26.9 Å². The van der Waals surface area contributed by atoms with Crippen LogP contribution in [-0.4, -0.2) is 31.6 Å². The summed E-state index contributed by atoms with van der Waals surface area (Å²) in [6.07, 6.45) is 3.56. The van der Waals surface area contributed by atoms with Crippen LogP contribution in [0.15, 0.2) is 30.0 Å². The quantitative estimate of drug-likeness (QED) is 0.517. The summed E-state index contributed by atoms with van der Waals surface area (Å²) in [5, 5.41) is 5.36. The molecule has 0 spiro atoms. The highest BCUT2D eigenvalue weighted by atomic mass is 32.1. The number of hydrogen-bond acceptors (Lipinski definition) is 8. The molecule has 4 aromatic heterocycles. The predicted octanol–water partition coefficient (Wildman–Crippen LogP) is 3.15. The van der Waals surface area contributed by atoms with Crippen LogP contribution in [0.25, 0.3) is 11.2 Å². The van der Waals surface area contributed by atoms with Crippen LogP contribution in [0, 0.1) is 13.8 Å². The SMILES string of the molecule is COc1c(C)cnc(Cn2cnc3c(NCc4cccs4)nc(N)nc32)c1C. The number of methoxy groups -OCH3 is 1. The van der Waals surface area contributed by atoms with E-state index in [0.29, 0.717) is 30.1 Å². The van der Waals surface area contributed by atoms with Crippen molar-refractivity contribution < 1.29 is 4.74 Å². The number of ether oxygens (including phenoxy) is 1. The lowest BCUT2D eigenvalue weighted by atomic mass is 10.1. The summed E-state index contributed by atoms with van der Waals surface area (Å²) in [6, 6.07) is 4.09. The number of anilines is 2. The Morgan fingerprint density at radius 2 is 2.11 bits per heavy atom. The largest absolute Gasteiger partial charge is 0.496 e. The molecule has 0 aliphatic heterocycles. The van der Waals surface area contributed by atoms with Gasteiger partial charge in [0.1, 0.15) is 5.75 Å². The summed E-state index contributed by atoms with van der Waals surface area (Å²) >= 11 is 1.68. The molecule has 4 heterocycles. The van der Waals surface area contributed by atoms with E-state index >= 15 is 0 Å². The van der Waals surface area contributed by atoms with Crippen molar-refractivity contribution >= 4 is 34.3 Å². The highest BCUT2D eigenvalue weighted by Crippen LogP contribution is 2.26. The first-order chi connectivity index (χ1) is 13.6. The first kappa shape index (κ1) is 18.2. The Bertz CT molecular complexity index is 1120. The average Bonchev–Trinajstić information content (AvgIpc) is 3.33. The van der Waals surface area contributed by atoms with E-state index in [9.17, 15) is 0 Å². The van der Waals surface area contributed by atoms with Crippen LogP contribution in [0.4, 0.5) is 11.8 Å². The van der Waals surface area contributed by atoms with E-state index in [4.69, 9.17) is 10.5 Å². The number of hydrogen-bond donors (Lipinski definition) is 2. The van der Waals surface area contributed by atoms with Gasteiger partial charge in [-0.1, -0.05) is 6.07 Å². The highest BCUT2D eigenvalue weighted by molar-refractivity contribution is 7.09. The molecule has 4 rings (SSSR count). The molecular weight excluding hydrogens is 374 g/mol. The second-order valence-corrected chi connectivity index (χ2v) is 7.49. The Kier molecular flexibility index (Phi) is 4.82. The van der Waals surface area contributed by atoms with Gasteiger partial charge in [-0.2, -0.15) is 9.97 Å². The maximum absolute atomic E-state index is 5.95. The Morgan fingerprint density at radius 1 is 1.25 bits per heavy atom. The standard InChI is InChI=1S/C19H21N7OS/c1-11-7-21-14(12(2)16(11)27-3)9-26-10-23-15-17(24-19(20)25-18(15)26)22-8-13-5-4-6-28-13/h4-7,10H,8-9H2,1-3H3,(H3,20,22,24,25). The minimum absolute atomic E-state index is 0.203. The van der Waals surface area contributed by atoms with Gasteiger partial charge in [-0.3, -0.25) is 4.98 Å². The lowest BCUT2D eigenvalue weighted by Crippen LogP contribution is -2.08. The fourth-order valence-corrected chi connectivity index (χ4v) is 3.82. The summed E-state index contributed by atoms with van der Waals surface area (Å²) in [5.74, 6) is 1.68. The summed E-state index contributed by atoms with van der Waals surface area (Å²) in [5.41, 5.74) is 10.2. The maximum Gasteiger partial charge on any atom is 0.224 e. The minimum Gasteiger partial charge on any atom is -0.496 e. The van der Waals surface area contributed by atoms with E-state index in [1.165, 1.54) is 4.88 Å². The maximum atomic E-state index is 5.95. The number of imidazole rings is 1. The lowest BCUT2D eigenvalue weighted by molar-refractivity contribution is 0.406. The van der Waals surface area contributed by atoms with E-state index in [0.717, 1.165) is 22.6 Å². The number of nitrogens with two attached hydrogens (primary N) is 1. The van der Waals surface area contributed by atoms with Crippen LogP contribution < -0.4 is 15.8 Å². The molecule has 144 valence electrons. The van der Waals surface area contributed by atoms with Crippen molar-refractivity contribution in [1.82, 2.24) is 24.5 Å². The van der Waals surface area contributed by atoms with Crippen molar-refractivity contribution in [2.24, 2.45) is 0 Å². The number of nitrogen functional groups attached to an aromatic ring is 1. The van der Waals surface area contributed by atoms with Crippen LogP contribution in [0.1, 0.15) is 21.7 Å². The normalized spacial score (nSPS) is 11.1. The number of rotatable bonds is 6. The molecule has 4 aromatic rings. The van der Waals surface area contributed by atoms with Gasteiger partial charge in [-0.05, 0) is 25.3 Å². The second kappa shape index (κ2) is 7.43. The van der Waals surface area contributed by atoms with Gasteiger partial charge in [0, 0.05) is 22.2 Å². The smallest absolute Gasteiger partial charge is 0.224 e. The predicted molar refractivity (Wildman–Crippen MR) is 111 cm³/mol. The molecule has 0 atom stereocenters. The molecule has 8 nitrogen and oxygen atoms in total. The first-order valence-corrected chi connectivity index (χ1v) is 9.68. The summed E-state index contributed by atoms with van der Waals surface area (Å²) in [6.45, 7) is 5.16. The van der Waals surface area contributed by atoms with Gasteiger partial charge in [-0.25, -0.2) is 4.98 Å². The number of thiophene rings is 1. The zero-order chi connectivity index (χ0) is 19.7. The molecule has 0 aliphatic carbocycles. The topological polar surface area (TPSA) is 104 Å². The Hall–Kier alpha value is -3.20. The van der Waals surface area contributed by atoms with Gasteiger partial charge in [-0.15, -0.1) is 11.3 Å². The molecule has 0 unspecified atom stereocenters. The van der Waals surface area contributed by atoms with E-state index in [1.807, 2.05) is 36.1 Å². The van der Waals surface area contributed by atoms with Gasteiger partial charge in [0.2, 0.25) is 5.95 Å². The van der Waals surface area contributed by atoms with Crippen LogP contribution in [0.3, 0.4) is 0 Å². The van der Waals surface area contributed by atoms with Gasteiger partial charge < -0.3 is 20.4 Å². The van der Waals surface area contributed by atoms with Gasteiger partial charge in [0.15, 0.2) is 17.0 Å². The number of fused-ring (bicyclic) bond motifs is 1. The second-order valence-electron chi connectivity index (χ2n) is 6.45. The fraction of sp³-hybridized carbons (Fsp3) is 0.263. The van der Waals surface area contributed by atoms with Crippen LogP contribution >= 0.6 is 11.3 Å². The zero-order valence-electron chi connectivity index (χ0n) is 15.9. The lowest BCUT2D eigenvalue weighted by Gasteiger charge is -2.13. The molecule has 28 heavy (non-hydrogen) atoms. The van der Waals surface area contributed by atoms with E-state index in [2.05, 4.69) is 31.3 Å². The molecule has 0 amide bonds. The molecule has 0 radical (unpaired) electrons. The van der Waals surface area contributed by atoms with Crippen molar-refractivity contribution in [2.75, 3.05) is 18.2 Å². The fourth-order valence-electron chi connectivity index (χ4n) is 3.18. The van der Waals surface area contributed by atoms with Gasteiger partial charge >= 0.3 is 0 Å². The molecule has 3 N–H and O–H groups in total. The first-order valence-electron chi connectivity index (χ1n) is 8.80. The summed E-state index contributed by atoms with van der Waals surface area (Å²) in [7, 11) is 1.67. The molecule has 9 heteroatoms. The Balaban J connectivity index is 1.68. The zero-order valence-corrected chi connectivity index (χ0v) is 16.7. The van der Waals surface area contributed by atoms with E-state index < -0.39 is 0 Å². The molecule has 0 aromatic carbocycles. The third-order valence-corrected chi connectivity index (χ3v) is 5.44. The summed E-state index contributed by atoms with van der Waals surface area (Å²) < 4.78 is 7.43. The molecule has 0 saturated carbocycles.